The maximum atomic E-state index is 12.6. The standard InChI is InChI=1S/C18H17Cl2NO2/c1-18(2)10-15(13-5-3-4-6-16(13)23-18)21-17(22)12-8-7-11(19)9-14(12)20/h3-9,15H,10H2,1-2H3,(H,21,22)/t15-/m0/s1. The highest BCUT2D eigenvalue weighted by Gasteiger charge is 2.34. The highest BCUT2D eigenvalue weighted by Crippen LogP contribution is 2.39. The highest BCUT2D eigenvalue weighted by atomic mass is 35.5. The highest BCUT2D eigenvalue weighted by molar-refractivity contribution is 6.36. The fraction of sp³-hybridized carbons (Fsp3) is 0.278. The van der Waals surface area contributed by atoms with Gasteiger partial charge in [0, 0.05) is 17.0 Å². The Labute approximate surface area is 145 Å². The summed E-state index contributed by atoms with van der Waals surface area (Å²) in [6.45, 7) is 4.02. The summed E-state index contributed by atoms with van der Waals surface area (Å²) in [5.41, 5.74) is 1.04. The van der Waals surface area contributed by atoms with Gasteiger partial charge in [-0.15, -0.1) is 0 Å². The zero-order valence-electron chi connectivity index (χ0n) is 12.9. The third kappa shape index (κ3) is 3.46. The first-order valence-electron chi connectivity index (χ1n) is 7.39. The number of ether oxygens (including phenoxy) is 1. The summed E-state index contributed by atoms with van der Waals surface area (Å²) in [6.07, 6.45) is 0.682. The number of para-hydroxylation sites is 1. The smallest absolute Gasteiger partial charge is 0.253 e. The predicted octanol–water partition coefficient (Wildman–Crippen LogP) is 5.03. The molecule has 0 saturated heterocycles. The van der Waals surface area contributed by atoms with Crippen LogP contribution in [0.3, 0.4) is 0 Å². The fourth-order valence-electron chi connectivity index (χ4n) is 2.84. The first-order chi connectivity index (χ1) is 10.9. The molecule has 0 bridgehead atoms. The quantitative estimate of drug-likeness (QED) is 0.825. The van der Waals surface area contributed by atoms with Gasteiger partial charge >= 0.3 is 0 Å². The Kier molecular flexibility index (Phi) is 4.26. The van der Waals surface area contributed by atoms with Crippen molar-refractivity contribution in [2.45, 2.75) is 31.9 Å². The maximum Gasteiger partial charge on any atom is 0.253 e. The predicted molar refractivity (Wildman–Crippen MR) is 92.4 cm³/mol. The minimum Gasteiger partial charge on any atom is -0.487 e. The Morgan fingerprint density at radius 1 is 1.22 bits per heavy atom. The average Bonchev–Trinajstić information content (AvgIpc) is 2.45. The monoisotopic (exact) mass is 349 g/mol. The third-order valence-electron chi connectivity index (χ3n) is 3.86. The second kappa shape index (κ2) is 6.06. The van der Waals surface area contributed by atoms with E-state index in [4.69, 9.17) is 27.9 Å². The summed E-state index contributed by atoms with van der Waals surface area (Å²) in [5.74, 6) is 0.584. The van der Waals surface area contributed by atoms with Crippen LogP contribution in [-0.4, -0.2) is 11.5 Å². The van der Waals surface area contributed by atoms with Crippen LogP contribution in [0.15, 0.2) is 42.5 Å². The molecular formula is C18H17Cl2NO2. The van der Waals surface area contributed by atoms with Crippen LogP contribution >= 0.6 is 23.2 Å². The lowest BCUT2D eigenvalue weighted by atomic mass is 9.89. The minimum absolute atomic E-state index is 0.130. The van der Waals surface area contributed by atoms with E-state index in [1.54, 1.807) is 18.2 Å². The van der Waals surface area contributed by atoms with Gasteiger partial charge in [-0.05, 0) is 38.1 Å². The van der Waals surface area contributed by atoms with Gasteiger partial charge in [-0.3, -0.25) is 4.79 Å². The lowest BCUT2D eigenvalue weighted by Crippen LogP contribution is -2.41. The summed E-state index contributed by atoms with van der Waals surface area (Å²) in [5, 5.41) is 3.91. The van der Waals surface area contributed by atoms with Gasteiger partial charge in [0.2, 0.25) is 0 Å². The topological polar surface area (TPSA) is 38.3 Å². The molecule has 1 amide bonds. The summed E-state index contributed by atoms with van der Waals surface area (Å²) >= 11 is 12.0. The van der Waals surface area contributed by atoms with Crippen LogP contribution in [0.5, 0.6) is 5.75 Å². The Balaban J connectivity index is 1.88. The molecule has 2 aromatic carbocycles. The van der Waals surface area contributed by atoms with Gasteiger partial charge in [-0.25, -0.2) is 0 Å². The van der Waals surface area contributed by atoms with Gasteiger partial charge < -0.3 is 10.1 Å². The first-order valence-corrected chi connectivity index (χ1v) is 8.15. The van der Waals surface area contributed by atoms with Gasteiger partial charge in [0.05, 0.1) is 16.6 Å². The summed E-state index contributed by atoms with van der Waals surface area (Å²) in [4.78, 5) is 12.6. The second-order valence-electron chi connectivity index (χ2n) is 6.25. The van der Waals surface area contributed by atoms with Gasteiger partial charge in [-0.2, -0.15) is 0 Å². The van der Waals surface area contributed by atoms with Crippen LogP contribution in [0.25, 0.3) is 0 Å². The lowest BCUT2D eigenvalue weighted by molar-refractivity contribution is 0.0620. The number of hydrogen-bond acceptors (Lipinski definition) is 2. The summed E-state index contributed by atoms with van der Waals surface area (Å²) in [7, 11) is 0. The molecule has 3 nitrogen and oxygen atoms in total. The van der Waals surface area contributed by atoms with E-state index in [0.717, 1.165) is 11.3 Å². The van der Waals surface area contributed by atoms with Crippen molar-refractivity contribution in [3.05, 3.63) is 63.6 Å². The van der Waals surface area contributed by atoms with Gasteiger partial charge in [-0.1, -0.05) is 41.4 Å². The SMILES string of the molecule is CC1(C)C[C@H](NC(=O)c2ccc(Cl)cc2Cl)c2ccccc2O1. The van der Waals surface area contributed by atoms with E-state index in [1.807, 2.05) is 38.1 Å². The van der Waals surface area contributed by atoms with E-state index in [9.17, 15) is 4.79 Å². The molecule has 0 radical (unpaired) electrons. The molecule has 5 heteroatoms. The van der Waals surface area contributed by atoms with Crippen molar-refractivity contribution in [2.24, 2.45) is 0 Å². The van der Waals surface area contributed by atoms with E-state index in [-0.39, 0.29) is 17.6 Å². The number of carbonyl (C=O) groups is 1. The van der Waals surface area contributed by atoms with Crippen molar-refractivity contribution in [1.29, 1.82) is 0 Å². The molecule has 0 aromatic heterocycles. The molecule has 0 spiro atoms. The van der Waals surface area contributed by atoms with Crippen LogP contribution in [0.1, 0.15) is 42.2 Å². The minimum atomic E-state index is -0.351. The summed E-state index contributed by atoms with van der Waals surface area (Å²) in [6, 6.07) is 12.5. The Morgan fingerprint density at radius 2 is 1.96 bits per heavy atom. The number of amides is 1. The molecule has 0 fully saturated rings. The van der Waals surface area contributed by atoms with Gasteiger partial charge in [0.15, 0.2) is 0 Å². The molecule has 1 aliphatic rings. The second-order valence-corrected chi connectivity index (χ2v) is 7.10. The molecule has 2 aromatic rings. The van der Waals surface area contributed by atoms with Crippen LogP contribution in [0.4, 0.5) is 0 Å². The fourth-order valence-corrected chi connectivity index (χ4v) is 3.33. The molecule has 1 heterocycles. The van der Waals surface area contributed by atoms with Crippen molar-refractivity contribution in [1.82, 2.24) is 5.32 Å². The number of nitrogens with one attached hydrogen (secondary N) is 1. The molecule has 0 aliphatic carbocycles. The number of hydrogen-bond donors (Lipinski definition) is 1. The van der Waals surface area contributed by atoms with Gasteiger partial charge in [0.1, 0.15) is 11.4 Å². The van der Waals surface area contributed by atoms with Crippen LogP contribution < -0.4 is 10.1 Å². The average molecular weight is 350 g/mol. The van der Waals surface area contributed by atoms with E-state index in [0.29, 0.717) is 22.0 Å². The first kappa shape index (κ1) is 16.2. The van der Waals surface area contributed by atoms with E-state index in [2.05, 4.69) is 5.32 Å². The number of benzene rings is 2. The molecule has 1 N–H and O–H groups in total. The molecule has 0 unspecified atom stereocenters. The molecule has 3 rings (SSSR count). The lowest BCUT2D eigenvalue weighted by Gasteiger charge is -2.37. The number of carbonyl (C=O) groups excluding carboxylic acids is 1. The molecule has 120 valence electrons. The Hall–Kier alpha value is -1.71. The molecular weight excluding hydrogens is 333 g/mol. The van der Waals surface area contributed by atoms with E-state index < -0.39 is 0 Å². The molecule has 1 atom stereocenters. The number of fused-ring (bicyclic) bond motifs is 1. The largest absolute Gasteiger partial charge is 0.487 e. The normalized spacial score (nSPS) is 18.7. The van der Waals surface area contributed by atoms with Crippen molar-refractivity contribution >= 4 is 29.1 Å². The summed E-state index contributed by atoms with van der Waals surface area (Å²) < 4.78 is 5.98. The molecule has 23 heavy (non-hydrogen) atoms. The van der Waals surface area contributed by atoms with Crippen LogP contribution in [0, 0.1) is 0 Å². The van der Waals surface area contributed by atoms with Crippen LogP contribution in [-0.2, 0) is 0 Å². The maximum absolute atomic E-state index is 12.6. The Morgan fingerprint density at radius 3 is 2.70 bits per heavy atom. The van der Waals surface area contributed by atoms with Crippen molar-refractivity contribution < 1.29 is 9.53 Å². The third-order valence-corrected chi connectivity index (χ3v) is 4.41. The number of halogens is 2. The van der Waals surface area contributed by atoms with E-state index >= 15 is 0 Å². The van der Waals surface area contributed by atoms with Crippen molar-refractivity contribution in [3.8, 4) is 5.75 Å². The zero-order chi connectivity index (χ0) is 16.6. The van der Waals surface area contributed by atoms with Gasteiger partial charge in [0.25, 0.3) is 5.91 Å². The Bertz CT molecular complexity index is 758. The molecule has 0 saturated carbocycles. The van der Waals surface area contributed by atoms with Crippen LogP contribution in [0.2, 0.25) is 10.0 Å². The molecule has 1 aliphatic heterocycles. The number of rotatable bonds is 2. The zero-order valence-corrected chi connectivity index (χ0v) is 14.4. The van der Waals surface area contributed by atoms with Crippen molar-refractivity contribution in [3.63, 3.8) is 0 Å². The van der Waals surface area contributed by atoms with E-state index in [1.165, 1.54) is 0 Å². The van der Waals surface area contributed by atoms with Crippen molar-refractivity contribution in [2.75, 3.05) is 0 Å².